The van der Waals surface area contributed by atoms with E-state index in [4.69, 9.17) is 17.3 Å². The quantitative estimate of drug-likeness (QED) is 0.774. The molecule has 1 atom stereocenters. The number of anilines is 1. The fourth-order valence-corrected chi connectivity index (χ4v) is 2.10. The predicted octanol–water partition coefficient (Wildman–Crippen LogP) is 3.06. The van der Waals surface area contributed by atoms with Gasteiger partial charge in [-0.25, -0.2) is 0 Å². The van der Waals surface area contributed by atoms with Crippen molar-refractivity contribution in [2.45, 2.75) is 26.3 Å². The molecule has 3 N–H and O–H groups in total. The summed E-state index contributed by atoms with van der Waals surface area (Å²) in [7, 11) is 0. The van der Waals surface area contributed by atoms with E-state index in [1.807, 2.05) is 18.2 Å². The number of nitrogen functional groups attached to an aromatic ring is 1. The van der Waals surface area contributed by atoms with Crippen LogP contribution in [-0.4, -0.2) is 6.54 Å². The van der Waals surface area contributed by atoms with Crippen LogP contribution in [0.4, 0.5) is 5.69 Å². The summed E-state index contributed by atoms with van der Waals surface area (Å²) in [5, 5.41) is 4.11. The van der Waals surface area contributed by atoms with Crippen LogP contribution in [0.2, 0.25) is 5.02 Å². The third kappa shape index (κ3) is 3.13. The van der Waals surface area contributed by atoms with Gasteiger partial charge in [-0.2, -0.15) is 0 Å². The molecule has 88 valence electrons. The van der Waals surface area contributed by atoms with Crippen LogP contribution in [0, 0.1) is 11.8 Å². The SMILES string of the molecule is CC(CNCc1ccc(Cl)c(N)c1)C1CC1. The summed E-state index contributed by atoms with van der Waals surface area (Å²) < 4.78 is 0. The highest BCUT2D eigenvalue weighted by molar-refractivity contribution is 6.33. The van der Waals surface area contributed by atoms with Gasteiger partial charge < -0.3 is 11.1 Å². The van der Waals surface area contributed by atoms with Crippen LogP contribution in [0.25, 0.3) is 0 Å². The lowest BCUT2D eigenvalue weighted by atomic mass is 10.1. The van der Waals surface area contributed by atoms with E-state index in [0.29, 0.717) is 10.7 Å². The highest BCUT2D eigenvalue weighted by Crippen LogP contribution is 2.36. The molecule has 1 aliphatic rings. The van der Waals surface area contributed by atoms with E-state index in [1.54, 1.807) is 0 Å². The molecule has 1 unspecified atom stereocenters. The van der Waals surface area contributed by atoms with E-state index in [1.165, 1.54) is 18.4 Å². The number of nitrogens with two attached hydrogens (primary N) is 1. The molecule has 0 heterocycles. The maximum absolute atomic E-state index is 5.87. The standard InChI is InChI=1S/C13H19ClN2/c1-9(11-3-4-11)7-16-8-10-2-5-12(14)13(15)6-10/h2,5-6,9,11,16H,3-4,7-8,15H2,1H3. The number of benzene rings is 1. The zero-order valence-corrected chi connectivity index (χ0v) is 10.4. The Morgan fingerprint density at radius 3 is 2.88 bits per heavy atom. The summed E-state index contributed by atoms with van der Waals surface area (Å²) in [4.78, 5) is 0. The Balaban J connectivity index is 1.78. The first kappa shape index (κ1) is 11.7. The molecule has 0 amide bonds. The third-order valence-corrected chi connectivity index (χ3v) is 3.63. The molecule has 3 heteroatoms. The smallest absolute Gasteiger partial charge is 0.0635 e. The fourth-order valence-electron chi connectivity index (χ4n) is 1.98. The lowest BCUT2D eigenvalue weighted by Gasteiger charge is -2.11. The van der Waals surface area contributed by atoms with E-state index >= 15 is 0 Å². The first-order valence-corrected chi connectivity index (χ1v) is 6.29. The van der Waals surface area contributed by atoms with Crippen molar-refractivity contribution in [3.05, 3.63) is 28.8 Å². The summed E-state index contributed by atoms with van der Waals surface area (Å²) >= 11 is 5.87. The monoisotopic (exact) mass is 238 g/mol. The molecule has 0 spiro atoms. The van der Waals surface area contributed by atoms with Crippen LogP contribution >= 0.6 is 11.6 Å². The van der Waals surface area contributed by atoms with Crippen molar-refractivity contribution in [1.29, 1.82) is 0 Å². The Morgan fingerprint density at radius 2 is 2.25 bits per heavy atom. The van der Waals surface area contributed by atoms with Crippen LogP contribution < -0.4 is 11.1 Å². The van der Waals surface area contributed by atoms with Crippen LogP contribution in [-0.2, 0) is 6.54 Å². The molecule has 1 saturated carbocycles. The first-order chi connectivity index (χ1) is 7.66. The lowest BCUT2D eigenvalue weighted by molar-refractivity contribution is 0.461. The van der Waals surface area contributed by atoms with Crippen molar-refractivity contribution in [2.24, 2.45) is 11.8 Å². The van der Waals surface area contributed by atoms with E-state index in [9.17, 15) is 0 Å². The van der Waals surface area contributed by atoms with Crippen molar-refractivity contribution in [3.63, 3.8) is 0 Å². The summed E-state index contributed by atoms with van der Waals surface area (Å²) in [5.74, 6) is 1.76. The molecule has 2 rings (SSSR count). The molecule has 1 aromatic carbocycles. The summed E-state index contributed by atoms with van der Waals surface area (Å²) in [6.45, 7) is 4.28. The van der Waals surface area contributed by atoms with E-state index in [2.05, 4.69) is 12.2 Å². The van der Waals surface area contributed by atoms with Crippen molar-refractivity contribution >= 4 is 17.3 Å². The average molecular weight is 239 g/mol. The van der Waals surface area contributed by atoms with Crippen molar-refractivity contribution in [3.8, 4) is 0 Å². The van der Waals surface area contributed by atoms with Gasteiger partial charge in [0.05, 0.1) is 10.7 Å². The molecule has 1 aliphatic carbocycles. The van der Waals surface area contributed by atoms with Crippen LogP contribution in [0.15, 0.2) is 18.2 Å². The molecule has 0 aliphatic heterocycles. The molecule has 0 bridgehead atoms. The maximum atomic E-state index is 5.87. The third-order valence-electron chi connectivity index (χ3n) is 3.28. The zero-order chi connectivity index (χ0) is 11.5. The molecule has 1 fully saturated rings. The predicted molar refractivity (Wildman–Crippen MR) is 69.5 cm³/mol. The summed E-state index contributed by atoms with van der Waals surface area (Å²) in [5.41, 5.74) is 7.61. The highest BCUT2D eigenvalue weighted by Gasteiger charge is 2.27. The van der Waals surface area contributed by atoms with Gasteiger partial charge in [-0.1, -0.05) is 24.6 Å². The molecule has 0 saturated heterocycles. The number of nitrogens with one attached hydrogen (secondary N) is 1. The van der Waals surface area contributed by atoms with Gasteiger partial charge in [-0.3, -0.25) is 0 Å². The second-order valence-corrected chi connectivity index (χ2v) is 5.21. The van der Waals surface area contributed by atoms with E-state index in [-0.39, 0.29) is 0 Å². The topological polar surface area (TPSA) is 38.0 Å². The van der Waals surface area contributed by atoms with Gasteiger partial charge in [-0.05, 0) is 48.9 Å². The van der Waals surface area contributed by atoms with Crippen molar-refractivity contribution in [2.75, 3.05) is 12.3 Å². The first-order valence-electron chi connectivity index (χ1n) is 5.91. The minimum atomic E-state index is 0.634. The van der Waals surface area contributed by atoms with Crippen LogP contribution in [0.3, 0.4) is 0 Å². The van der Waals surface area contributed by atoms with E-state index < -0.39 is 0 Å². The average Bonchev–Trinajstić information content (AvgIpc) is 3.07. The minimum Gasteiger partial charge on any atom is -0.398 e. The van der Waals surface area contributed by atoms with Gasteiger partial charge in [0.1, 0.15) is 0 Å². The zero-order valence-electron chi connectivity index (χ0n) is 9.67. The Labute approximate surface area is 102 Å². The Bertz CT molecular complexity index is 361. The Morgan fingerprint density at radius 1 is 1.50 bits per heavy atom. The van der Waals surface area contributed by atoms with E-state index in [0.717, 1.165) is 24.9 Å². The van der Waals surface area contributed by atoms with Gasteiger partial charge >= 0.3 is 0 Å². The minimum absolute atomic E-state index is 0.634. The van der Waals surface area contributed by atoms with Crippen molar-refractivity contribution in [1.82, 2.24) is 5.32 Å². The molecular weight excluding hydrogens is 220 g/mol. The molecule has 16 heavy (non-hydrogen) atoms. The second kappa shape index (κ2) is 5.07. The molecule has 0 radical (unpaired) electrons. The molecular formula is C13H19ClN2. The van der Waals surface area contributed by atoms with Gasteiger partial charge in [-0.15, -0.1) is 0 Å². The Kier molecular flexibility index (Phi) is 3.72. The normalized spacial score (nSPS) is 17.4. The molecule has 0 aromatic heterocycles. The number of hydrogen-bond donors (Lipinski definition) is 2. The van der Waals surface area contributed by atoms with Crippen LogP contribution in [0.5, 0.6) is 0 Å². The van der Waals surface area contributed by atoms with Gasteiger partial charge in [0.2, 0.25) is 0 Å². The maximum Gasteiger partial charge on any atom is 0.0635 e. The highest BCUT2D eigenvalue weighted by atomic mass is 35.5. The molecule has 2 nitrogen and oxygen atoms in total. The second-order valence-electron chi connectivity index (χ2n) is 4.80. The van der Waals surface area contributed by atoms with Crippen LogP contribution in [0.1, 0.15) is 25.3 Å². The number of rotatable bonds is 5. The van der Waals surface area contributed by atoms with Crippen molar-refractivity contribution < 1.29 is 0 Å². The largest absolute Gasteiger partial charge is 0.398 e. The molecule has 1 aromatic rings. The summed E-state index contributed by atoms with van der Waals surface area (Å²) in [6, 6.07) is 5.82. The number of halogens is 1. The van der Waals surface area contributed by atoms with Gasteiger partial charge in [0.15, 0.2) is 0 Å². The van der Waals surface area contributed by atoms with Gasteiger partial charge in [0, 0.05) is 6.54 Å². The Hall–Kier alpha value is -0.730. The summed E-state index contributed by atoms with van der Waals surface area (Å²) in [6.07, 6.45) is 2.83. The van der Waals surface area contributed by atoms with Gasteiger partial charge in [0.25, 0.3) is 0 Å². The lowest BCUT2D eigenvalue weighted by Crippen LogP contribution is -2.21. The number of hydrogen-bond acceptors (Lipinski definition) is 2. The fraction of sp³-hybridized carbons (Fsp3) is 0.538.